The molecule has 1 aromatic carbocycles. The summed E-state index contributed by atoms with van der Waals surface area (Å²) in [6, 6.07) is 10.9. The molecule has 0 bridgehead atoms. The third-order valence-corrected chi connectivity index (χ3v) is 4.72. The number of carboxylic acids is 2. The molecule has 1 atom stereocenters. The molecular weight excluding hydrogens is 386 g/mol. The Bertz CT molecular complexity index is 690. The summed E-state index contributed by atoms with van der Waals surface area (Å²) in [4.78, 5) is 36.2. The van der Waals surface area contributed by atoms with E-state index in [4.69, 9.17) is 10.2 Å². The number of nitrogens with one attached hydrogen (secondary N) is 1. The van der Waals surface area contributed by atoms with Gasteiger partial charge < -0.3 is 15.5 Å². The molecule has 0 saturated carbocycles. The molecule has 0 radical (unpaired) electrons. The molecule has 1 aliphatic heterocycles. The molecule has 2 rings (SSSR count). The molecule has 2 amide bonds. The van der Waals surface area contributed by atoms with Gasteiger partial charge in [0.05, 0.1) is 6.04 Å². The fraction of sp³-hybridized carbons (Fsp3) is 0.500. The first-order valence-electron chi connectivity index (χ1n) is 10.3. The van der Waals surface area contributed by atoms with Crippen LogP contribution in [0.25, 0.3) is 0 Å². The number of unbranched alkanes of at least 4 members (excludes halogenated alkanes) is 1. The summed E-state index contributed by atoms with van der Waals surface area (Å²) >= 11 is 0. The van der Waals surface area contributed by atoms with Crippen molar-refractivity contribution in [3.05, 3.63) is 42.5 Å². The van der Waals surface area contributed by atoms with Crippen LogP contribution in [0.5, 0.6) is 0 Å². The normalized spacial score (nSPS) is 16.2. The summed E-state index contributed by atoms with van der Waals surface area (Å²) < 4.78 is 0. The molecule has 30 heavy (non-hydrogen) atoms. The van der Waals surface area contributed by atoms with Crippen molar-refractivity contribution in [3.63, 3.8) is 0 Å². The first kappa shape index (κ1) is 25.2. The van der Waals surface area contributed by atoms with Crippen molar-refractivity contribution >= 4 is 23.7 Å². The predicted octanol–water partition coefficient (Wildman–Crippen LogP) is 3.20. The Balaban J connectivity index is 0.000000479. The summed E-state index contributed by atoms with van der Waals surface area (Å²) in [6.07, 6.45) is 4.27. The molecule has 166 valence electrons. The number of carbonyl (C=O) groups is 3. The van der Waals surface area contributed by atoms with E-state index in [0.717, 1.165) is 44.6 Å². The zero-order valence-corrected chi connectivity index (χ0v) is 18.0. The number of likely N-dealkylation sites (tertiary alicyclic amines) is 1. The zero-order chi connectivity index (χ0) is 22.5. The summed E-state index contributed by atoms with van der Waals surface area (Å²) in [5.41, 5.74) is 0.993. The smallest absolute Gasteiger partial charge is 0.328 e. The van der Waals surface area contributed by atoms with Gasteiger partial charge in [-0.25, -0.2) is 14.4 Å². The molecule has 0 aromatic heterocycles. The van der Waals surface area contributed by atoms with E-state index >= 15 is 0 Å². The first-order valence-corrected chi connectivity index (χ1v) is 10.3. The van der Waals surface area contributed by atoms with E-state index in [9.17, 15) is 14.4 Å². The van der Waals surface area contributed by atoms with Crippen molar-refractivity contribution in [3.8, 4) is 0 Å². The van der Waals surface area contributed by atoms with Gasteiger partial charge in [0, 0.05) is 43.5 Å². The van der Waals surface area contributed by atoms with Crippen LogP contribution in [-0.4, -0.2) is 64.8 Å². The Kier molecular flexibility index (Phi) is 11.2. The van der Waals surface area contributed by atoms with E-state index in [0.29, 0.717) is 18.2 Å². The molecule has 0 aliphatic carbocycles. The van der Waals surface area contributed by atoms with Crippen molar-refractivity contribution < 1.29 is 24.6 Å². The molecular formula is C22H33N3O5. The zero-order valence-electron chi connectivity index (χ0n) is 18.0. The minimum Gasteiger partial charge on any atom is -0.478 e. The summed E-state index contributed by atoms with van der Waals surface area (Å²) in [7, 11) is 0. The van der Waals surface area contributed by atoms with Crippen LogP contribution in [0.1, 0.15) is 40.0 Å². The average Bonchev–Trinajstić information content (AvgIpc) is 3.18. The molecule has 1 aromatic rings. The second-order valence-corrected chi connectivity index (χ2v) is 7.33. The minimum atomic E-state index is -1.26. The number of anilines is 1. The topological polar surface area (TPSA) is 110 Å². The maximum atomic E-state index is 12.7. The molecule has 8 nitrogen and oxygen atoms in total. The number of hydrogen-bond donors (Lipinski definition) is 3. The third-order valence-electron chi connectivity index (χ3n) is 4.72. The van der Waals surface area contributed by atoms with Crippen LogP contribution < -0.4 is 10.2 Å². The lowest BCUT2D eigenvalue weighted by atomic mass is 10.2. The number of rotatable bonds is 8. The molecule has 1 heterocycles. The molecule has 1 fully saturated rings. The quantitative estimate of drug-likeness (QED) is 0.441. The van der Waals surface area contributed by atoms with Crippen molar-refractivity contribution in [2.24, 2.45) is 0 Å². The highest BCUT2D eigenvalue weighted by Gasteiger charge is 2.32. The van der Waals surface area contributed by atoms with Gasteiger partial charge in [-0.15, -0.1) is 0 Å². The Morgan fingerprint density at radius 2 is 1.77 bits per heavy atom. The highest BCUT2D eigenvalue weighted by Crippen LogP contribution is 2.24. The van der Waals surface area contributed by atoms with E-state index in [-0.39, 0.29) is 12.1 Å². The number of benzene rings is 1. The molecule has 1 unspecified atom stereocenters. The van der Waals surface area contributed by atoms with Gasteiger partial charge in [0.1, 0.15) is 0 Å². The fourth-order valence-corrected chi connectivity index (χ4v) is 3.13. The van der Waals surface area contributed by atoms with Crippen LogP contribution in [0.3, 0.4) is 0 Å². The SMILES string of the molecule is CCCCNC(=O)N(c1ccccc1)C1CCN(C(C)C)C1.O=C(O)/C=C/C(=O)O. The Morgan fingerprint density at radius 1 is 1.17 bits per heavy atom. The van der Waals surface area contributed by atoms with Gasteiger partial charge in [0.2, 0.25) is 0 Å². The number of hydrogen-bond acceptors (Lipinski definition) is 4. The second kappa shape index (κ2) is 13.4. The molecule has 0 spiro atoms. The van der Waals surface area contributed by atoms with Crippen LogP contribution in [0, 0.1) is 0 Å². The maximum Gasteiger partial charge on any atom is 0.328 e. The van der Waals surface area contributed by atoms with E-state index in [2.05, 4.69) is 31.0 Å². The molecule has 3 N–H and O–H groups in total. The van der Waals surface area contributed by atoms with Crippen LogP contribution in [0.15, 0.2) is 42.5 Å². The van der Waals surface area contributed by atoms with Gasteiger partial charge >= 0.3 is 18.0 Å². The summed E-state index contributed by atoms with van der Waals surface area (Å²) in [5.74, 6) is -2.51. The number of urea groups is 1. The van der Waals surface area contributed by atoms with Crippen LogP contribution in [0.2, 0.25) is 0 Å². The Labute approximate surface area is 178 Å². The second-order valence-electron chi connectivity index (χ2n) is 7.33. The number of nitrogens with zero attached hydrogens (tertiary/aromatic N) is 2. The number of amides is 2. The number of carbonyl (C=O) groups excluding carboxylic acids is 1. The van der Waals surface area contributed by atoms with Crippen molar-refractivity contribution in [2.45, 2.75) is 52.1 Å². The van der Waals surface area contributed by atoms with E-state index < -0.39 is 11.9 Å². The Morgan fingerprint density at radius 3 is 2.23 bits per heavy atom. The predicted molar refractivity (Wildman–Crippen MR) is 117 cm³/mol. The van der Waals surface area contributed by atoms with Gasteiger partial charge in [-0.1, -0.05) is 31.5 Å². The van der Waals surface area contributed by atoms with Crippen LogP contribution in [0.4, 0.5) is 10.5 Å². The highest BCUT2D eigenvalue weighted by molar-refractivity contribution is 5.92. The van der Waals surface area contributed by atoms with Gasteiger partial charge in [0.25, 0.3) is 0 Å². The van der Waals surface area contributed by atoms with Crippen molar-refractivity contribution in [1.82, 2.24) is 10.2 Å². The standard InChI is InChI=1S/C18H29N3O.C4H4O4/c1-4-5-12-19-18(22)21(16-9-7-6-8-10-16)17-11-13-20(14-17)15(2)3;5-3(6)1-2-4(7)8/h6-10,15,17H,4-5,11-14H2,1-3H3,(H,19,22);1-2H,(H,5,6)(H,7,8)/b;2-1+. The van der Waals surface area contributed by atoms with Gasteiger partial charge in [-0.05, 0) is 38.8 Å². The van der Waals surface area contributed by atoms with Crippen molar-refractivity contribution in [1.29, 1.82) is 0 Å². The minimum absolute atomic E-state index is 0.0373. The number of aliphatic carboxylic acids is 2. The largest absolute Gasteiger partial charge is 0.478 e. The maximum absolute atomic E-state index is 12.7. The average molecular weight is 420 g/mol. The van der Waals surface area contributed by atoms with Crippen LogP contribution in [-0.2, 0) is 9.59 Å². The van der Waals surface area contributed by atoms with Crippen LogP contribution >= 0.6 is 0 Å². The van der Waals surface area contributed by atoms with E-state index in [1.165, 1.54) is 0 Å². The lowest BCUT2D eigenvalue weighted by molar-refractivity contribution is -0.134. The number of para-hydroxylation sites is 1. The Hall–Kier alpha value is -2.87. The lowest BCUT2D eigenvalue weighted by Gasteiger charge is -2.30. The van der Waals surface area contributed by atoms with Gasteiger partial charge in [-0.3, -0.25) is 9.80 Å². The molecule has 1 aliphatic rings. The first-order chi connectivity index (χ1) is 14.3. The lowest BCUT2D eigenvalue weighted by Crippen LogP contribution is -2.48. The summed E-state index contributed by atoms with van der Waals surface area (Å²) in [5, 5.41) is 18.7. The van der Waals surface area contributed by atoms with E-state index in [1.54, 1.807) is 0 Å². The number of carboxylic acid groups (broad SMARTS) is 2. The van der Waals surface area contributed by atoms with Crippen molar-refractivity contribution in [2.75, 3.05) is 24.5 Å². The van der Waals surface area contributed by atoms with E-state index in [1.807, 2.05) is 35.2 Å². The summed E-state index contributed by atoms with van der Waals surface area (Å²) in [6.45, 7) is 9.34. The highest BCUT2D eigenvalue weighted by atomic mass is 16.4. The monoisotopic (exact) mass is 419 g/mol. The molecule has 1 saturated heterocycles. The molecule has 8 heteroatoms. The van der Waals surface area contributed by atoms with Gasteiger partial charge in [-0.2, -0.15) is 0 Å². The fourth-order valence-electron chi connectivity index (χ4n) is 3.13. The third kappa shape index (κ3) is 9.09. The van der Waals surface area contributed by atoms with Gasteiger partial charge in [0.15, 0.2) is 0 Å².